The molecule has 1 aromatic heterocycles. The van der Waals surface area contributed by atoms with Gasteiger partial charge in [0.1, 0.15) is 5.75 Å². The topological polar surface area (TPSA) is 37.9 Å². The Labute approximate surface area is 112 Å². The van der Waals surface area contributed by atoms with Crippen molar-refractivity contribution in [3.05, 3.63) is 39.8 Å². The molecule has 0 atom stereocenters. The molecule has 0 saturated heterocycles. The van der Waals surface area contributed by atoms with E-state index in [0.717, 1.165) is 28.1 Å². The van der Waals surface area contributed by atoms with Gasteiger partial charge in [-0.3, -0.25) is 0 Å². The van der Waals surface area contributed by atoms with E-state index < -0.39 is 0 Å². The van der Waals surface area contributed by atoms with Crippen LogP contribution in [0.4, 0.5) is 0 Å². The lowest BCUT2D eigenvalue weighted by atomic mass is 9.96. The molecular weight excluding hydrogens is 244 g/mol. The molecule has 1 N–H and O–H groups in total. The molecule has 18 heavy (non-hydrogen) atoms. The number of aromatic amines is 1. The maximum absolute atomic E-state index is 5.43. The Morgan fingerprint density at radius 1 is 1.22 bits per heavy atom. The van der Waals surface area contributed by atoms with Gasteiger partial charge in [-0.15, -0.1) is 0 Å². The van der Waals surface area contributed by atoms with Crippen molar-refractivity contribution >= 4 is 12.2 Å². The van der Waals surface area contributed by atoms with Crippen LogP contribution in [0.3, 0.4) is 0 Å². The molecule has 0 aliphatic carbocycles. The molecule has 2 aromatic rings. The lowest BCUT2D eigenvalue weighted by molar-refractivity contribution is 0.408. The molecule has 0 fully saturated rings. The van der Waals surface area contributed by atoms with E-state index in [1.807, 2.05) is 13.0 Å². The summed E-state index contributed by atoms with van der Waals surface area (Å²) in [6.45, 7) is 6.20. The summed E-state index contributed by atoms with van der Waals surface area (Å²) < 4.78 is 5.93. The van der Waals surface area contributed by atoms with Crippen LogP contribution in [0.2, 0.25) is 0 Å². The van der Waals surface area contributed by atoms with Crippen LogP contribution in [0, 0.1) is 25.5 Å². The minimum Gasteiger partial charge on any atom is -0.496 e. The van der Waals surface area contributed by atoms with Crippen LogP contribution in [0.15, 0.2) is 18.3 Å². The summed E-state index contributed by atoms with van der Waals surface area (Å²) >= 11 is 5.07. The van der Waals surface area contributed by atoms with Crippen LogP contribution in [0.25, 0.3) is 11.3 Å². The average molecular weight is 260 g/mol. The second-order valence-electron chi connectivity index (χ2n) is 4.31. The molecule has 2 rings (SSSR count). The van der Waals surface area contributed by atoms with E-state index in [4.69, 9.17) is 17.0 Å². The van der Waals surface area contributed by atoms with Crippen LogP contribution < -0.4 is 4.74 Å². The number of aryl methyl sites for hydroxylation is 1. The zero-order valence-electron chi connectivity index (χ0n) is 11.0. The van der Waals surface area contributed by atoms with E-state index in [2.05, 4.69) is 29.9 Å². The summed E-state index contributed by atoms with van der Waals surface area (Å²) in [5.41, 5.74) is 5.59. The van der Waals surface area contributed by atoms with Crippen LogP contribution >= 0.6 is 12.2 Å². The Kier molecular flexibility index (Phi) is 3.48. The van der Waals surface area contributed by atoms with Crippen molar-refractivity contribution in [2.24, 2.45) is 0 Å². The summed E-state index contributed by atoms with van der Waals surface area (Å²) in [6.07, 6.45) is 1.72. The fourth-order valence-electron chi connectivity index (χ4n) is 2.18. The number of hydrogen-bond donors (Lipinski definition) is 1. The van der Waals surface area contributed by atoms with Gasteiger partial charge in [-0.2, -0.15) is 0 Å². The molecular formula is C14H16N2OS. The fraction of sp³-hybridized carbons (Fsp3) is 0.286. The van der Waals surface area contributed by atoms with E-state index in [1.165, 1.54) is 5.56 Å². The highest BCUT2D eigenvalue weighted by Crippen LogP contribution is 2.33. The number of H-pyrrole nitrogens is 1. The smallest absolute Gasteiger partial charge is 0.197 e. The Morgan fingerprint density at radius 2 is 1.94 bits per heavy atom. The maximum Gasteiger partial charge on any atom is 0.197 e. The molecule has 3 nitrogen and oxygen atoms in total. The van der Waals surface area contributed by atoms with Gasteiger partial charge in [0.25, 0.3) is 0 Å². The Bertz CT molecular complexity index is 647. The van der Waals surface area contributed by atoms with Crippen molar-refractivity contribution in [2.45, 2.75) is 20.8 Å². The molecule has 0 aliphatic heterocycles. The molecule has 0 radical (unpaired) electrons. The van der Waals surface area contributed by atoms with E-state index in [1.54, 1.807) is 13.3 Å². The van der Waals surface area contributed by atoms with Gasteiger partial charge in [-0.25, -0.2) is 4.98 Å². The van der Waals surface area contributed by atoms with Crippen molar-refractivity contribution in [3.8, 4) is 17.0 Å². The maximum atomic E-state index is 5.43. The molecule has 94 valence electrons. The third-order valence-corrected chi connectivity index (χ3v) is 3.40. The number of benzene rings is 1. The largest absolute Gasteiger partial charge is 0.496 e. The zero-order chi connectivity index (χ0) is 13.3. The molecule has 0 saturated carbocycles. The molecule has 0 spiro atoms. The fourth-order valence-corrected chi connectivity index (χ4v) is 2.35. The monoisotopic (exact) mass is 260 g/mol. The highest BCUT2D eigenvalue weighted by molar-refractivity contribution is 7.71. The molecule has 0 unspecified atom stereocenters. The molecule has 1 aromatic carbocycles. The van der Waals surface area contributed by atoms with E-state index >= 15 is 0 Å². The first-order valence-corrected chi connectivity index (χ1v) is 6.16. The highest BCUT2D eigenvalue weighted by atomic mass is 32.1. The van der Waals surface area contributed by atoms with Crippen molar-refractivity contribution in [3.63, 3.8) is 0 Å². The Balaban J connectivity index is 2.70. The zero-order valence-corrected chi connectivity index (χ0v) is 11.8. The van der Waals surface area contributed by atoms with Crippen molar-refractivity contribution in [1.29, 1.82) is 0 Å². The van der Waals surface area contributed by atoms with E-state index in [0.29, 0.717) is 4.77 Å². The minimum absolute atomic E-state index is 0.498. The summed E-state index contributed by atoms with van der Waals surface area (Å²) in [5, 5.41) is 0. The van der Waals surface area contributed by atoms with Crippen LogP contribution in [-0.4, -0.2) is 17.1 Å². The third kappa shape index (κ3) is 2.16. The number of rotatable bonds is 2. The summed E-state index contributed by atoms with van der Waals surface area (Å²) in [6, 6.07) is 4.05. The van der Waals surface area contributed by atoms with Crippen molar-refractivity contribution in [1.82, 2.24) is 9.97 Å². The lowest BCUT2D eigenvalue weighted by Crippen LogP contribution is -1.97. The molecule has 4 heteroatoms. The lowest BCUT2D eigenvalue weighted by Gasteiger charge is -2.15. The van der Waals surface area contributed by atoms with Gasteiger partial charge in [0.15, 0.2) is 4.77 Å². The van der Waals surface area contributed by atoms with Crippen LogP contribution in [-0.2, 0) is 0 Å². The van der Waals surface area contributed by atoms with Gasteiger partial charge >= 0.3 is 0 Å². The molecule has 0 bridgehead atoms. The van der Waals surface area contributed by atoms with Gasteiger partial charge in [-0.1, -0.05) is 0 Å². The molecule has 1 heterocycles. The molecule has 0 aliphatic rings. The summed E-state index contributed by atoms with van der Waals surface area (Å²) in [7, 11) is 1.70. The van der Waals surface area contributed by atoms with Crippen molar-refractivity contribution < 1.29 is 4.74 Å². The number of hydrogen-bond acceptors (Lipinski definition) is 3. The highest BCUT2D eigenvalue weighted by Gasteiger charge is 2.12. The van der Waals surface area contributed by atoms with Gasteiger partial charge in [0.2, 0.25) is 0 Å². The Morgan fingerprint density at radius 3 is 2.56 bits per heavy atom. The van der Waals surface area contributed by atoms with E-state index in [-0.39, 0.29) is 0 Å². The van der Waals surface area contributed by atoms with Crippen LogP contribution in [0.1, 0.15) is 16.7 Å². The van der Waals surface area contributed by atoms with Gasteiger partial charge in [0.05, 0.1) is 7.11 Å². The summed E-state index contributed by atoms with van der Waals surface area (Å²) in [5.74, 6) is 0.948. The number of nitrogens with zero attached hydrogens (tertiary/aromatic N) is 1. The first-order chi connectivity index (χ1) is 8.54. The summed E-state index contributed by atoms with van der Waals surface area (Å²) in [4.78, 5) is 7.13. The molecule has 0 amide bonds. The number of ether oxygens (including phenoxy) is 1. The van der Waals surface area contributed by atoms with Crippen molar-refractivity contribution in [2.75, 3.05) is 7.11 Å². The average Bonchev–Trinajstić information content (AvgIpc) is 2.34. The van der Waals surface area contributed by atoms with Gasteiger partial charge in [-0.05, 0) is 61.8 Å². The van der Waals surface area contributed by atoms with E-state index in [9.17, 15) is 0 Å². The van der Waals surface area contributed by atoms with Gasteiger partial charge < -0.3 is 9.72 Å². The third-order valence-electron chi connectivity index (χ3n) is 3.19. The van der Waals surface area contributed by atoms with Crippen LogP contribution in [0.5, 0.6) is 5.75 Å². The predicted octanol–water partition coefficient (Wildman–Crippen LogP) is 3.74. The first kappa shape index (κ1) is 12.8. The predicted molar refractivity (Wildman–Crippen MR) is 75.6 cm³/mol. The quantitative estimate of drug-likeness (QED) is 0.836. The Hall–Kier alpha value is -1.68. The SMILES string of the molecule is COc1c(C)cc(-c2ccnc(=S)[nH]2)c(C)c1C. The standard InChI is InChI=1S/C14H16N2OS/c1-8-7-11(9(2)10(3)13(8)17-4)12-5-6-15-14(18)16-12/h5-7H,1-4H3,(H,15,16,18). The second-order valence-corrected chi connectivity index (χ2v) is 4.70. The normalized spacial score (nSPS) is 10.4. The number of nitrogens with one attached hydrogen (secondary N) is 1. The second kappa shape index (κ2) is 4.90. The number of aromatic nitrogens is 2. The minimum atomic E-state index is 0.498. The first-order valence-electron chi connectivity index (χ1n) is 5.75. The van der Waals surface area contributed by atoms with Gasteiger partial charge in [0, 0.05) is 17.5 Å². The number of methoxy groups -OCH3 is 1.